The predicted octanol–water partition coefficient (Wildman–Crippen LogP) is 1.64. The predicted molar refractivity (Wildman–Crippen MR) is 117 cm³/mol. The van der Waals surface area contributed by atoms with Crippen molar-refractivity contribution in [3.05, 3.63) is 0 Å². The molecule has 1 saturated carbocycles. The summed E-state index contributed by atoms with van der Waals surface area (Å²) in [6.07, 6.45) is -11.1. The van der Waals surface area contributed by atoms with Gasteiger partial charge in [-0.15, -0.1) is 0 Å². The SMILES string of the molecule is CC[C@@H]([C@H](NC(=O)C(F)(F)F)C(=O)N1CC2C(C1C(=O)N[C@H](C#N)C[C@@H]1CCNC1=O)C2(C)C)C(F)(F)F. The van der Waals surface area contributed by atoms with Gasteiger partial charge in [0.2, 0.25) is 17.7 Å². The van der Waals surface area contributed by atoms with E-state index in [9.17, 15) is 50.8 Å². The third-order valence-corrected chi connectivity index (χ3v) is 7.99. The van der Waals surface area contributed by atoms with Crippen LogP contribution in [0.1, 0.15) is 40.0 Å². The van der Waals surface area contributed by atoms with Crippen LogP contribution in [0.25, 0.3) is 0 Å². The van der Waals surface area contributed by atoms with Crippen LogP contribution in [0.2, 0.25) is 0 Å². The monoisotopic (exact) mass is 553 g/mol. The Hall–Kier alpha value is -3.05. The molecule has 0 spiro atoms. The number of halogens is 6. The normalized spacial score (nSPS) is 28.4. The minimum absolute atomic E-state index is 0.0253. The maximum atomic E-state index is 13.7. The summed E-state index contributed by atoms with van der Waals surface area (Å²) >= 11 is 0. The highest BCUT2D eigenvalue weighted by Crippen LogP contribution is 2.65. The maximum absolute atomic E-state index is 13.7. The second-order valence-electron chi connectivity index (χ2n) is 10.6. The minimum Gasteiger partial charge on any atom is -0.356 e. The van der Waals surface area contributed by atoms with Gasteiger partial charge in [-0.2, -0.15) is 31.6 Å². The molecule has 0 aromatic heterocycles. The molecule has 3 N–H and O–H groups in total. The van der Waals surface area contributed by atoms with E-state index in [2.05, 4.69) is 10.6 Å². The van der Waals surface area contributed by atoms with E-state index in [-0.39, 0.29) is 24.8 Å². The zero-order chi connectivity index (χ0) is 28.8. The Balaban J connectivity index is 1.87. The molecule has 0 aromatic rings. The van der Waals surface area contributed by atoms with Crippen molar-refractivity contribution in [3.8, 4) is 6.07 Å². The van der Waals surface area contributed by atoms with Crippen LogP contribution in [-0.2, 0) is 19.2 Å². The van der Waals surface area contributed by atoms with Crippen LogP contribution in [0, 0.1) is 40.4 Å². The van der Waals surface area contributed by atoms with Crippen molar-refractivity contribution in [2.75, 3.05) is 13.1 Å². The standard InChI is InChI=1S/C23H29F6N5O4/c1-4-12(22(24,25)26)15(33-20(38)23(27,28)29)19(37)34-9-13-14(21(13,2)3)16(34)18(36)32-11(8-30)7-10-5-6-31-17(10)35/h10-16H,4-7,9H2,1-3H3,(H,31,35)(H,32,36)(H,33,38)/t10-,11-,12-,13?,14?,15-,16?/m0/s1. The average molecular weight is 554 g/mol. The summed E-state index contributed by atoms with van der Waals surface area (Å²) in [7, 11) is 0. The molecule has 0 bridgehead atoms. The number of nitrogens with zero attached hydrogens (tertiary/aromatic N) is 2. The number of nitriles is 1. The number of rotatable bonds is 8. The van der Waals surface area contributed by atoms with Crippen molar-refractivity contribution in [1.29, 1.82) is 5.26 Å². The molecule has 0 aromatic carbocycles. The highest BCUT2D eigenvalue weighted by Gasteiger charge is 2.70. The quantitative estimate of drug-likeness (QED) is 0.394. The van der Waals surface area contributed by atoms with E-state index in [1.807, 2.05) is 6.07 Å². The fourth-order valence-corrected chi connectivity index (χ4v) is 5.76. The van der Waals surface area contributed by atoms with E-state index in [0.717, 1.165) is 11.8 Å². The van der Waals surface area contributed by atoms with Crippen molar-refractivity contribution in [3.63, 3.8) is 0 Å². The summed E-state index contributed by atoms with van der Waals surface area (Å²) in [6.45, 7) is 4.78. The molecule has 3 rings (SSSR count). The van der Waals surface area contributed by atoms with Crippen LogP contribution in [0.5, 0.6) is 0 Å². The Labute approximate surface area is 214 Å². The maximum Gasteiger partial charge on any atom is 0.471 e. The Bertz CT molecular complexity index is 1020. The van der Waals surface area contributed by atoms with Gasteiger partial charge in [0.05, 0.1) is 12.0 Å². The van der Waals surface area contributed by atoms with Gasteiger partial charge in [-0.05, 0) is 36.5 Å². The Morgan fingerprint density at radius 3 is 2.29 bits per heavy atom. The zero-order valence-corrected chi connectivity index (χ0v) is 20.9. The lowest BCUT2D eigenvalue weighted by molar-refractivity contribution is -0.195. The number of carbonyl (C=O) groups excluding carboxylic acids is 4. The van der Waals surface area contributed by atoms with Gasteiger partial charge in [0, 0.05) is 19.0 Å². The second-order valence-corrected chi connectivity index (χ2v) is 10.6. The topological polar surface area (TPSA) is 131 Å². The first-order valence-corrected chi connectivity index (χ1v) is 12.2. The number of carbonyl (C=O) groups is 4. The van der Waals surface area contributed by atoms with Gasteiger partial charge >= 0.3 is 18.3 Å². The van der Waals surface area contributed by atoms with Crippen molar-refractivity contribution >= 4 is 23.6 Å². The molecular weight excluding hydrogens is 524 g/mol. The number of piperidine rings is 1. The van der Waals surface area contributed by atoms with Crippen LogP contribution in [0.4, 0.5) is 26.3 Å². The lowest BCUT2D eigenvalue weighted by Gasteiger charge is -2.36. The number of hydrogen-bond acceptors (Lipinski definition) is 5. The van der Waals surface area contributed by atoms with Crippen LogP contribution < -0.4 is 16.0 Å². The fraction of sp³-hybridized carbons (Fsp3) is 0.783. The van der Waals surface area contributed by atoms with E-state index >= 15 is 0 Å². The summed E-state index contributed by atoms with van der Waals surface area (Å²) in [5.74, 6) is -9.34. The number of hydrogen-bond donors (Lipinski definition) is 3. The third kappa shape index (κ3) is 5.68. The number of nitrogens with one attached hydrogen (secondary N) is 3. The third-order valence-electron chi connectivity index (χ3n) is 7.99. The number of likely N-dealkylation sites (tertiary alicyclic amines) is 1. The lowest BCUT2D eigenvalue weighted by atomic mass is 9.92. The first-order valence-electron chi connectivity index (χ1n) is 12.2. The van der Waals surface area contributed by atoms with Gasteiger partial charge in [-0.3, -0.25) is 19.2 Å². The first kappa shape index (κ1) is 29.5. The van der Waals surface area contributed by atoms with Gasteiger partial charge in [-0.1, -0.05) is 20.8 Å². The molecule has 2 saturated heterocycles. The summed E-state index contributed by atoms with van der Waals surface area (Å²) in [5.41, 5.74) is -0.495. The van der Waals surface area contributed by atoms with E-state index < -0.39 is 77.8 Å². The molecule has 0 radical (unpaired) electrons. The molecule has 4 amide bonds. The van der Waals surface area contributed by atoms with Crippen LogP contribution in [0.3, 0.4) is 0 Å². The van der Waals surface area contributed by atoms with Crippen molar-refractivity contribution in [2.45, 2.75) is 70.5 Å². The molecule has 3 fully saturated rings. The molecular formula is C23H29F6N5O4. The van der Waals surface area contributed by atoms with E-state index in [1.165, 1.54) is 5.32 Å². The molecule has 2 heterocycles. The van der Waals surface area contributed by atoms with Crippen LogP contribution in [0.15, 0.2) is 0 Å². The summed E-state index contributed by atoms with van der Waals surface area (Å²) in [6, 6.07) is -3.26. The summed E-state index contributed by atoms with van der Waals surface area (Å²) in [4.78, 5) is 50.9. The van der Waals surface area contributed by atoms with Crippen molar-refractivity contribution < 1.29 is 45.5 Å². The van der Waals surface area contributed by atoms with Gasteiger partial charge in [0.15, 0.2) is 0 Å². The average Bonchev–Trinajstić information content (AvgIpc) is 3.16. The smallest absolute Gasteiger partial charge is 0.356 e. The van der Waals surface area contributed by atoms with Crippen LogP contribution in [-0.4, -0.2) is 72.1 Å². The molecule has 38 heavy (non-hydrogen) atoms. The molecule has 3 aliphatic rings. The molecule has 3 unspecified atom stereocenters. The van der Waals surface area contributed by atoms with E-state index in [1.54, 1.807) is 13.8 Å². The van der Waals surface area contributed by atoms with Crippen molar-refractivity contribution in [1.82, 2.24) is 20.9 Å². The fourth-order valence-electron chi connectivity index (χ4n) is 5.76. The van der Waals surface area contributed by atoms with Gasteiger partial charge in [0.1, 0.15) is 18.1 Å². The number of fused-ring (bicyclic) bond motifs is 1. The molecule has 2 aliphatic heterocycles. The van der Waals surface area contributed by atoms with Gasteiger partial charge in [-0.25, -0.2) is 0 Å². The minimum atomic E-state index is -5.54. The van der Waals surface area contributed by atoms with Crippen LogP contribution >= 0.6 is 0 Å². The van der Waals surface area contributed by atoms with Crippen molar-refractivity contribution in [2.24, 2.45) is 29.1 Å². The molecule has 7 atom stereocenters. The summed E-state index contributed by atoms with van der Waals surface area (Å²) < 4.78 is 79.9. The highest BCUT2D eigenvalue weighted by atomic mass is 19.4. The van der Waals surface area contributed by atoms with Gasteiger partial charge < -0.3 is 20.9 Å². The van der Waals surface area contributed by atoms with Gasteiger partial charge in [0.25, 0.3) is 0 Å². The molecule has 15 heteroatoms. The number of amides is 4. The molecule has 9 nitrogen and oxygen atoms in total. The molecule has 1 aliphatic carbocycles. The second kappa shape index (κ2) is 10.3. The summed E-state index contributed by atoms with van der Waals surface area (Å²) in [5, 5.41) is 15.8. The van der Waals surface area contributed by atoms with E-state index in [4.69, 9.17) is 0 Å². The lowest BCUT2D eigenvalue weighted by Crippen LogP contribution is -2.61. The first-order chi connectivity index (χ1) is 17.4. The Kier molecular flexibility index (Phi) is 7.96. The zero-order valence-electron chi connectivity index (χ0n) is 20.9. The number of alkyl halides is 6. The van der Waals surface area contributed by atoms with E-state index in [0.29, 0.717) is 13.0 Å². The Morgan fingerprint density at radius 2 is 1.82 bits per heavy atom. The largest absolute Gasteiger partial charge is 0.471 e. The molecule has 212 valence electrons. The Morgan fingerprint density at radius 1 is 1.18 bits per heavy atom. The highest BCUT2D eigenvalue weighted by molar-refractivity contribution is 5.94.